The molecule has 19 heavy (non-hydrogen) atoms. The van der Waals surface area contributed by atoms with E-state index in [1.165, 1.54) is 0 Å². The van der Waals surface area contributed by atoms with Crippen molar-refractivity contribution in [2.75, 3.05) is 29.4 Å². The Morgan fingerprint density at radius 3 is 3.00 bits per heavy atom. The summed E-state index contributed by atoms with van der Waals surface area (Å²) in [7, 11) is 2.06. The van der Waals surface area contributed by atoms with Gasteiger partial charge in [0.1, 0.15) is 0 Å². The molecule has 104 valence electrons. The molecule has 3 N–H and O–H groups in total. The third-order valence-electron chi connectivity index (χ3n) is 3.22. The van der Waals surface area contributed by atoms with Crippen molar-refractivity contribution in [3.8, 4) is 0 Å². The molecule has 0 bridgehead atoms. The average molecular weight is 280 g/mol. The summed E-state index contributed by atoms with van der Waals surface area (Å²) >= 11 is 1.84. The molecular weight excluding hydrogens is 260 g/mol. The molecule has 1 atom stereocenters. The first-order valence-corrected chi connectivity index (χ1v) is 7.62. The number of fused-ring (bicyclic) bond motifs is 1. The lowest BCUT2D eigenvalue weighted by Crippen LogP contribution is -2.34. The number of hydrogen-bond acceptors (Lipinski definition) is 6. The lowest BCUT2D eigenvalue weighted by Gasteiger charge is -2.28. The maximum Gasteiger partial charge on any atom is 0.180 e. The van der Waals surface area contributed by atoms with Gasteiger partial charge in [0.05, 0.1) is 6.20 Å². The van der Waals surface area contributed by atoms with Crippen LogP contribution in [-0.2, 0) is 0 Å². The van der Waals surface area contributed by atoms with Crippen LogP contribution in [0.1, 0.15) is 13.3 Å². The van der Waals surface area contributed by atoms with Gasteiger partial charge in [-0.15, -0.1) is 0 Å². The third-order valence-corrected chi connectivity index (χ3v) is 3.93. The smallest absolute Gasteiger partial charge is 0.180 e. The van der Waals surface area contributed by atoms with Gasteiger partial charge in [-0.2, -0.15) is 11.8 Å². The van der Waals surface area contributed by atoms with Crippen LogP contribution in [0.4, 0.5) is 11.6 Å². The topological polar surface area (TPSA) is 71.5 Å². The molecule has 0 aliphatic rings. The van der Waals surface area contributed by atoms with Gasteiger partial charge in [0.2, 0.25) is 0 Å². The largest absolute Gasteiger partial charge is 0.353 e. The first-order valence-electron chi connectivity index (χ1n) is 6.23. The monoisotopic (exact) mass is 280 g/mol. The van der Waals surface area contributed by atoms with E-state index in [0.717, 1.165) is 23.6 Å². The fourth-order valence-corrected chi connectivity index (χ4v) is 2.93. The van der Waals surface area contributed by atoms with Crippen molar-refractivity contribution >= 4 is 29.0 Å². The van der Waals surface area contributed by atoms with Gasteiger partial charge in [0, 0.05) is 31.2 Å². The molecule has 0 saturated heterocycles. The molecule has 0 amide bonds. The molecule has 0 radical (unpaired) electrons. The summed E-state index contributed by atoms with van der Waals surface area (Å²) in [6.07, 6.45) is 8.67. The van der Waals surface area contributed by atoms with Crippen molar-refractivity contribution in [2.45, 2.75) is 19.4 Å². The molecule has 0 saturated carbocycles. The van der Waals surface area contributed by atoms with E-state index in [-0.39, 0.29) is 0 Å². The second-order valence-corrected chi connectivity index (χ2v) is 5.29. The summed E-state index contributed by atoms with van der Waals surface area (Å²) in [5, 5.41) is 0. The van der Waals surface area contributed by atoms with E-state index in [9.17, 15) is 0 Å². The highest BCUT2D eigenvalue weighted by molar-refractivity contribution is 7.98. The van der Waals surface area contributed by atoms with Crippen molar-refractivity contribution in [1.29, 1.82) is 0 Å². The van der Waals surface area contributed by atoms with Gasteiger partial charge in [-0.25, -0.2) is 15.8 Å². The number of anilines is 2. The van der Waals surface area contributed by atoms with E-state index in [1.54, 1.807) is 6.20 Å². The number of hydrogen-bond donors (Lipinski definition) is 2. The zero-order valence-corrected chi connectivity index (χ0v) is 12.3. The summed E-state index contributed by atoms with van der Waals surface area (Å²) < 4.78 is 1.93. The van der Waals surface area contributed by atoms with Crippen LogP contribution < -0.4 is 16.2 Å². The van der Waals surface area contributed by atoms with E-state index >= 15 is 0 Å². The molecular formula is C12H20N6S. The fraction of sp³-hybridized carbons (Fsp3) is 0.500. The van der Waals surface area contributed by atoms with Crippen LogP contribution in [0.15, 0.2) is 18.6 Å². The van der Waals surface area contributed by atoms with Crippen LogP contribution in [0.5, 0.6) is 0 Å². The Kier molecular flexibility index (Phi) is 4.49. The van der Waals surface area contributed by atoms with Crippen molar-refractivity contribution in [3.63, 3.8) is 0 Å². The molecule has 2 rings (SSSR count). The maximum absolute atomic E-state index is 5.48. The lowest BCUT2D eigenvalue weighted by molar-refractivity contribution is 0.666. The molecule has 2 aromatic rings. The minimum Gasteiger partial charge on any atom is -0.353 e. The Labute approximate surface area is 117 Å². The second kappa shape index (κ2) is 6.12. The summed E-state index contributed by atoms with van der Waals surface area (Å²) in [5.41, 5.74) is 3.45. The number of aromatic nitrogens is 3. The maximum atomic E-state index is 5.48. The Morgan fingerprint density at radius 2 is 2.37 bits per heavy atom. The van der Waals surface area contributed by atoms with Gasteiger partial charge in [-0.05, 0) is 12.7 Å². The van der Waals surface area contributed by atoms with Gasteiger partial charge in [-0.3, -0.25) is 0 Å². The Balaban J connectivity index is 2.44. The number of hydrazine groups is 1. The summed E-state index contributed by atoms with van der Waals surface area (Å²) in [5.74, 6) is 8.01. The quantitative estimate of drug-likeness (QED) is 0.618. The highest BCUT2D eigenvalue weighted by atomic mass is 32.2. The number of nitrogen functional groups attached to an aromatic ring is 1. The van der Waals surface area contributed by atoms with Gasteiger partial charge >= 0.3 is 0 Å². The van der Waals surface area contributed by atoms with E-state index in [0.29, 0.717) is 11.9 Å². The molecule has 2 aromatic heterocycles. The first-order chi connectivity index (χ1) is 9.21. The highest BCUT2D eigenvalue weighted by Crippen LogP contribution is 2.23. The molecule has 0 aliphatic carbocycles. The lowest BCUT2D eigenvalue weighted by atomic mass is 10.2. The summed E-state index contributed by atoms with van der Waals surface area (Å²) in [6.45, 7) is 2.19. The molecule has 0 aromatic carbocycles. The molecule has 0 aliphatic heterocycles. The van der Waals surface area contributed by atoms with E-state index < -0.39 is 0 Å². The molecule has 0 fully saturated rings. The zero-order valence-electron chi connectivity index (χ0n) is 11.5. The number of thioether (sulfide) groups is 1. The predicted octanol–water partition coefficient (Wildman–Crippen LogP) is 1.59. The summed E-state index contributed by atoms with van der Waals surface area (Å²) in [4.78, 5) is 11.1. The fourth-order valence-electron chi connectivity index (χ4n) is 2.09. The molecule has 0 spiro atoms. The molecule has 6 nitrogen and oxygen atoms in total. The summed E-state index contributed by atoms with van der Waals surface area (Å²) in [6, 6.07) is 0.427. The predicted molar refractivity (Wildman–Crippen MR) is 81.7 cm³/mol. The number of imidazole rings is 1. The number of nitrogens with two attached hydrogens (primary N) is 1. The second-order valence-electron chi connectivity index (χ2n) is 4.38. The van der Waals surface area contributed by atoms with Crippen LogP contribution in [0.2, 0.25) is 0 Å². The minimum atomic E-state index is 0.427. The standard InChI is InChI=1S/C12H20N6S/c1-4-9(8-19-3)17(2)12-11-14-5-6-18(11)7-10(15-12)16-13/h5-7,9,16H,4,8,13H2,1-3H3. The van der Waals surface area contributed by atoms with Crippen LogP contribution in [0.25, 0.3) is 5.65 Å². The van der Waals surface area contributed by atoms with Crippen LogP contribution >= 0.6 is 11.8 Å². The number of nitrogens with one attached hydrogen (secondary N) is 1. The Bertz CT molecular complexity index is 540. The third kappa shape index (κ3) is 2.76. The zero-order chi connectivity index (χ0) is 13.8. The normalized spacial score (nSPS) is 12.6. The van der Waals surface area contributed by atoms with Crippen molar-refractivity contribution in [3.05, 3.63) is 18.6 Å². The highest BCUT2D eigenvalue weighted by Gasteiger charge is 2.18. The molecule has 7 heteroatoms. The van der Waals surface area contributed by atoms with Crippen LogP contribution in [0.3, 0.4) is 0 Å². The average Bonchev–Trinajstić information content (AvgIpc) is 2.91. The van der Waals surface area contributed by atoms with Crippen molar-refractivity contribution in [1.82, 2.24) is 14.4 Å². The number of nitrogens with zero attached hydrogens (tertiary/aromatic N) is 4. The van der Waals surface area contributed by atoms with Gasteiger partial charge < -0.3 is 14.7 Å². The van der Waals surface area contributed by atoms with E-state index in [2.05, 4.69) is 40.5 Å². The van der Waals surface area contributed by atoms with Crippen LogP contribution in [-0.4, -0.2) is 39.5 Å². The Morgan fingerprint density at radius 1 is 1.58 bits per heavy atom. The van der Waals surface area contributed by atoms with Gasteiger partial charge in [0.15, 0.2) is 17.3 Å². The Hall–Kier alpha value is -1.47. The van der Waals surface area contributed by atoms with Crippen LogP contribution in [0, 0.1) is 0 Å². The first kappa shape index (κ1) is 14.0. The van der Waals surface area contributed by atoms with E-state index in [1.807, 2.05) is 28.6 Å². The van der Waals surface area contributed by atoms with Gasteiger partial charge in [0.25, 0.3) is 0 Å². The molecule has 1 unspecified atom stereocenters. The van der Waals surface area contributed by atoms with Gasteiger partial charge in [-0.1, -0.05) is 6.92 Å². The SMILES string of the molecule is CCC(CSC)N(C)c1nc(NN)cn2ccnc12. The number of rotatable bonds is 6. The van der Waals surface area contributed by atoms with E-state index in [4.69, 9.17) is 5.84 Å². The van der Waals surface area contributed by atoms with Crippen molar-refractivity contribution in [2.24, 2.45) is 5.84 Å². The minimum absolute atomic E-state index is 0.427. The molecule has 2 heterocycles. The van der Waals surface area contributed by atoms with Crippen molar-refractivity contribution < 1.29 is 0 Å².